The lowest BCUT2D eigenvalue weighted by atomic mass is 10.0. The van der Waals surface area contributed by atoms with Crippen LogP contribution in [0.4, 0.5) is 35.1 Å². The van der Waals surface area contributed by atoms with Crippen molar-refractivity contribution >= 4 is 17.5 Å². The first-order valence-corrected chi connectivity index (χ1v) is 9.46. The molecular formula is C22H12ClF8NO. The zero-order valence-corrected chi connectivity index (χ0v) is 17.0. The van der Waals surface area contributed by atoms with Crippen LogP contribution in [0, 0.1) is 17.5 Å². The number of halogens is 9. The maximum Gasteiger partial charge on any atom is 0.417 e. The number of hydrogen-bond acceptors (Lipinski definition) is 1. The van der Waals surface area contributed by atoms with Crippen molar-refractivity contribution in [1.29, 1.82) is 0 Å². The average Bonchev–Trinajstić information content (AvgIpc) is 2.74. The van der Waals surface area contributed by atoms with Crippen molar-refractivity contribution in [2.75, 3.05) is 6.54 Å². The molecule has 11 heteroatoms. The molecule has 0 fully saturated rings. The van der Waals surface area contributed by atoms with Crippen LogP contribution in [-0.4, -0.2) is 12.5 Å². The molecule has 1 N–H and O–H groups in total. The Labute approximate surface area is 186 Å². The van der Waals surface area contributed by atoms with E-state index in [1.807, 2.05) is 0 Å². The Morgan fingerprint density at radius 3 is 2.00 bits per heavy atom. The van der Waals surface area contributed by atoms with E-state index in [2.05, 4.69) is 0 Å². The van der Waals surface area contributed by atoms with Gasteiger partial charge in [-0.1, -0.05) is 35.9 Å². The predicted molar refractivity (Wildman–Crippen MR) is 104 cm³/mol. The minimum atomic E-state index is -4.87. The van der Waals surface area contributed by atoms with Gasteiger partial charge in [0.25, 0.3) is 11.8 Å². The summed E-state index contributed by atoms with van der Waals surface area (Å²) in [5.74, 6) is -9.85. The van der Waals surface area contributed by atoms with Crippen molar-refractivity contribution in [3.63, 3.8) is 0 Å². The van der Waals surface area contributed by atoms with E-state index >= 15 is 0 Å². The smallest absolute Gasteiger partial charge is 0.346 e. The van der Waals surface area contributed by atoms with Crippen molar-refractivity contribution in [2.45, 2.75) is 12.1 Å². The highest BCUT2D eigenvalue weighted by molar-refractivity contribution is 6.31. The molecule has 0 aliphatic carbocycles. The van der Waals surface area contributed by atoms with Gasteiger partial charge in [-0.15, -0.1) is 0 Å². The highest BCUT2D eigenvalue weighted by atomic mass is 35.5. The number of nitrogens with one attached hydrogen (secondary N) is 1. The topological polar surface area (TPSA) is 29.1 Å². The maximum absolute atomic E-state index is 14.7. The fraction of sp³-hybridized carbons (Fsp3) is 0.136. The van der Waals surface area contributed by atoms with Gasteiger partial charge in [-0.25, -0.2) is 13.2 Å². The van der Waals surface area contributed by atoms with Gasteiger partial charge in [0.1, 0.15) is 0 Å². The molecule has 3 aromatic carbocycles. The number of carbonyl (C=O) groups is 1. The Kier molecular flexibility index (Phi) is 6.69. The normalized spacial score (nSPS) is 12.0. The minimum absolute atomic E-state index is 0.000454. The molecule has 1 amide bonds. The number of rotatable bonds is 5. The molecule has 3 aromatic rings. The van der Waals surface area contributed by atoms with Gasteiger partial charge >= 0.3 is 6.18 Å². The predicted octanol–water partition coefficient (Wildman–Crippen LogP) is 6.96. The van der Waals surface area contributed by atoms with E-state index in [0.29, 0.717) is 18.2 Å². The van der Waals surface area contributed by atoms with E-state index in [-0.39, 0.29) is 11.1 Å². The lowest BCUT2D eigenvalue weighted by Crippen LogP contribution is -2.36. The second-order valence-corrected chi connectivity index (χ2v) is 7.29. The molecule has 0 aliphatic rings. The first kappa shape index (κ1) is 24.5. The molecule has 0 saturated carbocycles. The van der Waals surface area contributed by atoms with Gasteiger partial charge in [0.15, 0.2) is 17.5 Å². The molecule has 3 rings (SSSR count). The summed E-state index contributed by atoms with van der Waals surface area (Å²) in [5, 5.41) is 1.21. The Morgan fingerprint density at radius 2 is 1.42 bits per heavy atom. The molecule has 0 bridgehead atoms. The lowest BCUT2D eigenvalue weighted by molar-refractivity contribution is -0.137. The Morgan fingerprint density at radius 1 is 0.818 bits per heavy atom. The van der Waals surface area contributed by atoms with Crippen molar-refractivity contribution in [3.8, 4) is 11.1 Å². The second-order valence-electron chi connectivity index (χ2n) is 6.88. The molecule has 174 valence electrons. The molecule has 0 atom stereocenters. The first-order valence-electron chi connectivity index (χ1n) is 9.08. The van der Waals surface area contributed by atoms with Gasteiger partial charge in [-0.2, -0.15) is 22.0 Å². The molecule has 33 heavy (non-hydrogen) atoms. The van der Waals surface area contributed by atoms with Crippen LogP contribution in [0.25, 0.3) is 11.1 Å². The summed E-state index contributed by atoms with van der Waals surface area (Å²) in [7, 11) is 0. The van der Waals surface area contributed by atoms with Gasteiger partial charge in [0.2, 0.25) is 0 Å². The number of benzene rings is 3. The summed E-state index contributed by atoms with van der Waals surface area (Å²) in [6.07, 6.45) is -4.87. The minimum Gasteiger partial charge on any atom is -0.346 e. The quantitative estimate of drug-likeness (QED) is 0.302. The average molecular weight is 494 g/mol. The first-order chi connectivity index (χ1) is 15.3. The highest BCUT2D eigenvalue weighted by Gasteiger charge is 2.37. The summed E-state index contributed by atoms with van der Waals surface area (Å²) in [6.45, 7) is -1.38. The Bertz CT molecular complexity index is 1190. The van der Waals surface area contributed by atoms with Crippen molar-refractivity contribution in [3.05, 3.63) is 93.8 Å². The molecule has 0 heterocycles. The highest BCUT2D eigenvalue weighted by Crippen LogP contribution is 2.37. The van der Waals surface area contributed by atoms with Crippen LogP contribution in [-0.2, 0) is 12.1 Å². The molecule has 0 unspecified atom stereocenters. The lowest BCUT2D eigenvalue weighted by Gasteiger charge is -2.20. The largest absolute Gasteiger partial charge is 0.417 e. The molecule has 0 aromatic heterocycles. The molecular weight excluding hydrogens is 482 g/mol. The Hall–Kier alpha value is -3.14. The van der Waals surface area contributed by atoms with E-state index < -0.39 is 63.7 Å². The Balaban J connectivity index is 1.82. The maximum atomic E-state index is 14.7. The van der Waals surface area contributed by atoms with E-state index in [4.69, 9.17) is 11.6 Å². The van der Waals surface area contributed by atoms with Crippen molar-refractivity contribution in [2.24, 2.45) is 0 Å². The third-order valence-electron chi connectivity index (χ3n) is 4.63. The van der Waals surface area contributed by atoms with Crippen LogP contribution in [0.15, 0.2) is 54.6 Å². The van der Waals surface area contributed by atoms with E-state index in [0.717, 1.165) is 36.4 Å². The third kappa shape index (κ3) is 5.27. The van der Waals surface area contributed by atoms with Crippen molar-refractivity contribution in [1.82, 2.24) is 5.32 Å². The van der Waals surface area contributed by atoms with Gasteiger partial charge in [-0.3, -0.25) is 4.79 Å². The summed E-state index contributed by atoms with van der Waals surface area (Å²) >= 11 is 5.89. The van der Waals surface area contributed by atoms with Crippen LogP contribution in [0.1, 0.15) is 21.5 Å². The fourth-order valence-electron chi connectivity index (χ4n) is 3.02. The summed E-state index contributed by atoms with van der Waals surface area (Å²) in [6, 6.07) is 7.82. The molecule has 0 aliphatic heterocycles. The van der Waals surface area contributed by atoms with E-state index in [9.17, 15) is 39.9 Å². The summed E-state index contributed by atoms with van der Waals surface area (Å²) in [5.41, 5.74) is -3.07. The SMILES string of the molecule is O=C(NCC(F)(F)c1ccc(-c2cc(F)c(F)c(F)c2)cc1Cl)c1ccccc1C(F)(F)F. The number of alkyl halides is 5. The summed E-state index contributed by atoms with van der Waals surface area (Å²) in [4.78, 5) is 12.1. The van der Waals surface area contributed by atoms with Crippen LogP contribution in [0.2, 0.25) is 5.02 Å². The van der Waals surface area contributed by atoms with Gasteiger partial charge in [0, 0.05) is 5.56 Å². The number of hydrogen-bond donors (Lipinski definition) is 1. The van der Waals surface area contributed by atoms with Crippen molar-refractivity contribution < 1.29 is 39.9 Å². The zero-order valence-electron chi connectivity index (χ0n) is 16.2. The molecule has 0 saturated heterocycles. The molecule has 2 nitrogen and oxygen atoms in total. The van der Waals surface area contributed by atoms with Gasteiger partial charge in [-0.05, 0) is 41.5 Å². The van der Waals surface area contributed by atoms with E-state index in [1.54, 1.807) is 5.32 Å². The summed E-state index contributed by atoms with van der Waals surface area (Å²) < 4.78 is 108. The monoisotopic (exact) mass is 493 g/mol. The van der Waals surface area contributed by atoms with Crippen LogP contribution in [0.5, 0.6) is 0 Å². The standard InChI is InChI=1S/C22H12ClF8NO/c23-16-7-11(12-8-17(24)19(26)18(25)9-12)5-6-15(16)21(27,28)10-32-20(33)13-3-1-2-4-14(13)22(29,30)31/h1-9H,10H2,(H,32,33). The molecule has 0 spiro atoms. The van der Waals surface area contributed by atoms with Crippen LogP contribution in [0.3, 0.4) is 0 Å². The van der Waals surface area contributed by atoms with Gasteiger partial charge in [0.05, 0.1) is 22.7 Å². The zero-order chi connectivity index (χ0) is 24.6. The number of carbonyl (C=O) groups excluding carboxylic acids is 1. The van der Waals surface area contributed by atoms with E-state index in [1.165, 1.54) is 0 Å². The fourth-order valence-corrected chi connectivity index (χ4v) is 3.34. The second kappa shape index (κ2) is 9.01. The third-order valence-corrected chi connectivity index (χ3v) is 4.94. The molecule has 0 radical (unpaired) electrons. The number of amides is 1. The van der Waals surface area contributed by atoms with Crippen LogP contribution < -0.4 is 5.32 Å². The van der Waals surface area contributed by atoms with Gasteiger partial charge < -0.3 is 5.32 Å². The van der Waals surface area contributed by atoms with Crippen LogP contribution >= 0.6 is 11.6 Å².